The number of ketones is 1. The van der Waals surface area contributed by atoms with Crippen molar-refractivity contribution >= 4 is 47.4 Å². The van der Waals surface area contributed by atoms with Crippen LogP contribution in [0.15, 0.2) is 18.2 Å². The van der Waals surface area contributed by atoms with Crippen LogP contribution in [-0.4, -0.2) is 153 Å². The number of carboxylic acid groups (broad SMARTS) is 1. The minimum absolute atomic E-state index is 0.0448. The van der Waals surface area contributed by atoms with E-state index in [2.05, 4.69) is 34.3 Å². The minimum Gasteiger partial charge on any atom is -0.508 e. The molecule has 3 amide bonds. The maximum atomic E-state index is 14.0. The summed E-state index contributed by atoms with van der Waals surface area (Å²) in [6, 6.07) is 1.55. The molecular formula is C65H102N4O19. The molecule has 23 heteroatoms. The molecule has 0 aromatic heterocycles. The standard InChI is InChI=1S/C65H102N4O19/c1-13-64(83-33-63(34-84-64)35-85-65(14-2,86-36-63)88-46-29-50-49-19-16-43-28-44(71)17-20-47(43)48(49)21-22-62(50,11)31-46)87-45(18-15-41(9)26-51(66-12)58(75)76)32-80-59(77)52(23-38(3)4)68-56(73)30-57(74)69-54(25-40(7)8)61(79)82-37-81-60(78)53(24-39(5)6)67-55(72)27-42(10)70/h17,20,28,38-41,45-46,48-54,66,71H,13-16,18-19,21-27,29-37H2,1-12H3,(H,67,72)(H,68,73)(H,69,74)(H,75,76). The first kappa shape index (κ1) is 71.8. The molecule has 4 fully saturated rings. The molecule has 2 aliphatic heterocycles. The molecule has 2 saturated carbocycles. The fourth-order valence-corrected chi connectivity index (χ4v) is 13.6. The SMILES string of the molecule is CCC1(OC(CCC(C)CC(NC)C(=O)O)COC(=O)C(CC(C)C)NC(=O)CC(=O)NC(CC(C)C)C(=O)OCOC(=O)C(CC(C)C)NC(=O)CC(C)=O)OCC2(CO1)COC(CC)(OC1CC3C4CCc5cc(O)ccc5C4CCC3(C)C1)OC2. The summed E-state index contributed by atoms with van der Waals surface area (Å²) in [5.41, 5.74) is 2.10. The topological polar surface area (TPSA) is 308 Å². The lowest BCUT2D eigenvalue weighted by atomic mass is 9.56. The van der Waals surface area contributed by atoms with Crippen LogP contribution in [0, 0.1) is 46.3 Å². The van der Waals surface area contributed by atoms with E-state index in [1.807, 2.05) is 60.6 Å². The van der Waals surface area contributed by atoms with Gasteiger partial charge in [-0.25, -0.2) is 14.4 Å². The molecule has 0 radical (unpaired) electrons. The largest absolute Gasteiger partial charge is 0.508 e. The van der Waals surface area contributed by atoms with Crippen LogP contribution in [0.25, 0.3) is 0 Å². The van der Waals surface area contributed by atoms with Gasteiger partial charge in [-0.15, -0.1) is 0 Å². The van der Waals surface area contributed by atoms with Gasteiger partial charge in [0.2, 0.25) is 24.5 Å². The predicted molar refractivity (Wildman–Crippen MR) is 320 cm³/mol. The summed E-state index contributed by atoms with van der Waals surface area (Å²) in [4.78, 5) is 103. The molecule has 6 rings (SSSR count). The van der Waals surface area contributed by atoms with Gasteiger partial charge in [0.1, 0.15) is 48.7 Å². The number of Topliss-reactive ketones (excluding diaryl/α,β-unsaturated/α-hetero) is 1. The summed E-state index contributed by atoms with van der Waals surface area (Å²) in [6.45, 7) is 20.0. The van der Waals surface area contributed by atoms with E-state index < -0.39 is 109 Å². The number of ether oxygens (including phenoxy) is 9. The monoisotopic (exact) mass is 1240 g/mol. The number of aromatic hydroxyl groups is 1. The van der Waals surface area contributed by atoms with Gasteiger partial charge >= 0.3 is 23.9 Å². The van der Waals surface area contributed by atoms with Crippen molar-refractivity contribution < 1.29 is 91.2 Å². The second-order valence-electron chi connectivity index (χ2n) is 27.2. The maximum Gasteiger partial charge on any atom is 0.331 e. The molecule has 88 heavy (non-hydrogen) atoms. The summed E-state index contributed by atoms with van der Waals surface area (Å²) in [6.07, 6.45) is 6.29. The van der Waals surface area contributed by atoms with Crippen LogP contribution in [0.5, 0.6) is 5.75 Å². The number of carboxylic acids is 1. The third-order valence-electron chi connectivity index (χ3n) is 18.2. The van der Waals surface area contributed by atoms with E-state index in [0.29, 0.717) is 49.2 Å². The molecule has 1 aromatic carbocycles. The van der Waals surface area contributed by atoms with Gasteiger partial charge < -0.3 is 74.1 Å². The van der Waals surface area contributed by atoms with Crippen LogP contribution in [0.2, 0.25) is 0 Å². The van der Waals surface area contributed by atoms with E-state index in [-0.39, 0.29) is 99.7 Å². The Balaban J connectivity index is 1.04. The average molecular weight is 1240 g/mol. The van der Waals surface area contributed by atoms with Crippen LogP contribution < -0.4 is 21.3 Å². The zero-order valence-electron chi connectivity index (χ0n) is 54.1. The Kier molecular flexibility index (Phi) is 26.2. The van der Waals surface area contributed by atoms with Gasteiger partial charge in [-0.1, -0.05) is 75.3 Å². The lowest BCUT2D eigenvalue weighted by molar-refractivity contribution is -0.474. The van der Waals surface area contributed by atoms with E-state index in [1.165, 1.54) is 18.1 Å². The Morgan fingerprint density at radius 3 is 1.70 bits per heavy atom. The Morgan fingerprint density at radius 2 is 1.20 bits per heavy atom. The van der Waals surface area contributed by atoms with Gasteiger partial charge in [-0.3, -0.25) is 24.0 Å². The van der Waals surface area contributed by atoms with Crippen molar-refractivity contribution in [2.75, 3.05) is 46.9 Å². The van der Waals surface area contributed by atoms with Gasteiger partial charge in [0, 0.05) is 12.8 Å². The lowest BCUT2D eigenvalue weighted by Crippen LogP contribution is -2.60. The highest BCUT2D eigenvalue weighted by atomic mass is 16.9. The quantitative estimate of drug-likeness (QED) is 0.0229. The number of likely N-dealkylation sites (N-methyl/N-ethyl adjacent to an activating group) is 1. The first-order valence-electron chi connectivity index (χ1n) is 32.0. The van der Waals surface area contributed by atoms with Crippen LogP contribution in [0.4, 0.5) is 0 Å². The van der Waals surface area contributed by atoms with E-state index >= 15 is 0 Å². The van der Waals surface area contributed by atoms with E-state index in [0.717, 1.165) is 38.5 Å². The molecule has 1 spiro atoms. The smallest absolute Gasteiger partial charge is 0.331 e. The van der Waals surface area contributed by atoms with Gasteiger partial charge in [0.25, 0.3) is 11.9 Å². The molecule has 1 aromatic rings. The molecule has 2 saturated heterocycles. The van der Waals surface area contributed by atoms with Crippen molar-refractivity contribution in [3.05, 3.63) is 29.3 Å². The molecule has 6 N–H and O–H groups in total. The zero-order chi connectivity index (χ0) is 64.7. The average Bonchev–Trinajstić information content (AvgIpc) is 1.62. The second-order valence-corrected chi connectivity index (χ2v) is 27.2. The summed E-state index contributed by atoms with van der Waals surface area (Å²) < 4.78 is 56.1. The summed E-state index contributed by atoms with van der Waals surface area (Å²) in [5.74, 6) is -7.70. The number of benzene rings is 1. The highest BCUT2D eigenvalue weighted by molar-refractivity contribution is 6.00. The first-order chi connectivity index (χ1) is 41.5. The number of fused-ring (bicyclic) bond motifs is 5. The highest BCUT2D eigenvalue weighted by Crippen LogP contribution is 2.62. The van der Waals surface area contributed by atoms with Crippen molar-refractivity contribution in [1.82, 2.24) is 21.3 Å². The van der Waals surface area contributed by atoms with Gasteiger partial charge in [0.05, 0.1) is 50.5 Å². The zero-order valence-corrected chi connectivity index (χ0v) is 54.1. The second kappa shape index (κ2) is 32.1. The fourth-order valence-electron chi connectivity index (χ4n) is 13.6. The summed E-state index contributed by atoms with van der Waals surface area (Å²) in [5, 5.41) is 30.4. The number of carbonyl (C=O) groups excluding carboxylic acids is 7. The van der Waals surface area contributed by atoms with Gasteiger partial charge in [-0.05, 0) is 161 Å². The Bertz CT molecular complexity index is 2540. The number of hydrogen-bond acceptors (Lipinski definition) is 19. The Hall–Kier alpha value is -5.30. The van der Waals surface area contributed by atoms with Crippen LogP contribution in [0.3, 0.4) is 0 Å². The van der Waals surface area contributed by atoms with Crippen molar-refractivity contribution in [3.63, 3.8) is 0 Å². The van der Waals surface area contributed by atoms with Crippen molar-refractivity contribution in [2.45, 2.75) is 233 Å². The molecule has 11 atom stereocenters. The third-order valence-corrected chi connectivity index (χ3v) is 18.2. The predicted octanol–water partition coefficient (Wildman–Crippen LogP) is 7.25. The number of rotatable bonds is 33. The number of aryl methyl sites for hydroxylation is 1. The number of phenolic OH excluding ortho intramolecular Hbond substituents is 1. The van der Waals surface area contributed by atoms with E-state index in [4.69, 9.17) is 42.6 Å². The Labute approximate surface area is 519 Å². The third kappa shape index (κ3) is 20.1. The fraction of sp³-hybridized carbons (Fsp3) is 0.785. The van der Waals surface area contributed by atoms with Crippen LogP contribution in [0.1, 0.15) is 190 Å². The molecule has 3 aliphatic carbocycles. The maximum absolute atomic E-state index is 14.0. The molecule has 5 aliphatic rings. The molecule has 496 valence electrons. The number of aliphatic carboxylic acids is 1. The molecule has 0 bridgehead atoms. The molecule has 2 heterocycles. The van der Waals surface area contributed by atoms with Crippen LogP contribution in [-0.2, 0) is 87.4 Å². The number of phenols is 1. The minimum atomic E-state index is -1.57. The van der Waals surface area contributed by atoms with Crippen molar-refractivity contribution in [3.8, 4) is 5.75 Å². The highest BCUT2D eigenvalue weighted by Gasteiger charge is 2.57. The van der Waals surface area contributed by atoms with E-state index in [1.54, 1.807) is 20.9 Å². The number of amides is 3. The number of esters is 3. The van der Waals surface area contributed by atoms with Crippen LogP contribution >= 0.6 is 0 Å². The van der Waals surface area contributed by atoms with Crippen molar-refractivity contribution in [2.24, 2.45) is 46.3 Å². The number of hydrogen-bond donors (Lipinski definition) is 6. The van der Waals surface area contributed by atoms with E-state index in [9.17, 15) is 48.6 Å². The normalized spacial score (nSPS) is 27.8. The summed E-state index contributed by atoms with van der Waals surface area (Å²) >= 11 is 0. The first-order valence-corrected chi connectivity index (χ1v) is 32.0. The number of nitrogens with one attached hydrogen (secondary N) is 4. The van der Waals surface area contributed by atoms with Gasteiger partial charge in [-0.2, -0.15) is 0 Å². The van der Waals surface area contributed by atoms with Gasteiger partial charge in [0.15, 0.2) is 0 Å². The summed E-state index contributed by atoms with van der Waals surface area (Å²) in [7, 11) is 1.59. The van der Waals surface area contributed by atoms with Crippen molar-refractivity contribution in [1.29, 1.82) is 0 Å². The molecule has 23 nitrogen and oxygen atoms in total. The number of carbonyl (C=O) groups is 8. The Morgan fingerprint density at radius 1 is 0.682 bits per heavy atom. The molecular weight excluding hydrogens is 1140 g/mol. The molecule has 11 unspecified atom stereocenters. The lowest BCUT2D eigenvalue weighted by Gasteiger charge is -2.50.